The molecule has 6 heteroatoms. The number of anilines is 1. The fourth-order valence-corrected chi connectivity index (χ4v) is 2.90. The molecule has 0 fully saturated rings. The van der Waals surface area contributed by atoms with E-state index in [1.54, 1.807) is 12.1 Å². The van der Waals surface area contributed by atoms with Gasteiger partial charge in [0, 0.05) is 16.4 Å². The molecule has 2 N–H and O–H groups in total. The standard InChI is InChI=1S/C14H14BrNO3S/c1-20(17,18)14-4-2-13(3-5-14)19-9-10-6-11(15)8-12(16)7-10/h2-8H,9,16H2,1H3. The van der Waals surface area contributed by atoms with Crippen LogP contribution in [0.2, 0.25) is 0 Å². The van der Waals surface area contributed by atoms with Gasteiger partial charge >= 0.3 is 0 Å². The van der Waals surface area contributed by atoms with Crippen molar-refractivity contribution < 1.29 is 13.2 Å². The van der Waals surface area contributed by atoms with Gasteiger partial charge in [0.2, 0.25) is 0 Å². The molecule has 0 aliphatic heterocycles. The summed E-state index contributed by atoms with van der Waals surface area (Å²) in [4.78, 5) is 0.275. The van der Waals surface area contributed by atoms with E-state index in [4.69, 9.17) is 10.5 Å². The molecule has 20 heavy (non-hydrogen) atoms. The molecule has 2 aromatic carbocycles. The Morgan fingerprint density at radius 1 is 1.15 bits per heavy atom. The predicted octanol–water partition coefficient (Wildman–Crippen LogP) is 3.01. The molecule has 0 saturated carbocycles. The highest BCUT2D eigenvalue weighted by Gasteiger charge is 2.06. The molecular formula is C14H14BrNO3S. The van der Waals surface area contributed by atoms with Crippen LogP contribution in [0.3, 0.4) is 0 Å². The van der Waals surface area contributed by atoms with Crippen molar-refractivity contribution in [1.29, 1.82) is 0 Å². The molecule has 106 valence electrons. The minimum atomic E-state index is -3.18. The number of hydrogen-bond acceptors (Lipinski definition) is 4. The van der Waals surface area contributed by atoms with E-state index in [0.717, 1.165) is 10.0 Å². The van der Waals surface area contributed by atoms with Gasteiger partial charge in [0.15, 0.2) is 9.84 Å². The predicted molar refractivity (Wildman–Crippen MR) is 82.4 cm³/mol. The van der Waals surface area contributed by atoms with E-state index in [1.165, 1.54) is 18.4 Å². The van der Waals surface area contributed by atoms with Crippen molar-refractivity contribution in [2.75, 3.05) is 12.0 Å². The molecule has 0 amide bonds. The third-order valence-electron chi connectivity index (χ3n) is 2.64. The molecular weight excluding hydrogens is 342 g/mol. The third-order valence-corrected chi connectivity index (χ3v) is 4.22. The van der Waals surface area contributed by atoms with Crippen molar-refractivity contribution in [1.82, 2.24) is 0 Å². The van der Waals surface area contributed by atoms with Crippen LogP contribution in [0.1, 0.15) is 5.56 Å². The fourth-order valence-electron chi connectivity index (χ4n) is 1.71. The van der Waals surface area contributed by atoms with Crippen molar-refractivity contribution in [3.63, 3.8) is 0 Å². The van der Waals surface area contributed by atoms with E-state index in [9.17, 15) is 8.42 Å². The number of nitrogens with two attached hydrogens (primary N) is 1. The molecule has 0 aliphatic rings. The summed E-state index contributed by atoms with van der Waals surface area (Å²) in [6.07, 6.45) is 1.17. The summed E-state index contributed by atoms with van der Waals surface area (Å²) in [7, 11) is -3.18. The topological polar surface area (TPSA) is 69.4 Å². The number of hydrogen-bond donors (Lipinski definition) is 1. The lowest BCUT2D eigenvalue weighted by Crippen LogP contribution is -1.99. The van der Waals surface area contributed by atoms with Crippen LogP contribution in [0.25, 0.3) is 0 Å². The van der Waals surface area contributed by atoms with Gasteiger partial charge in [-0.05, 0) is 48.0 Å². The zero-order chi connectivity index (χ0) is 14.8. The van der Waals surface area contributed by atoms with Crippen LogP contribution in [0, 0.1) is 0 Å². The molecule has 0 radical (unpaired) electrons. The van der Waals surface area contributed by atoms with Crippen molar-refractivity contribution in [2.45, 2.75) is 11.5 Å². The number of benzene rings is 2. The Bertz CT molecular complexity index is 691. The van der Waals surface area contributed by atoms with Crippen LogP contribution in [0.5, 0.6) is 5.75 Å². The highest BCUT2D eigenvalue weighted by atomic mass is 79.9. The number of halogens is 1. The molecule has 0 spiro atoms. The van der Waals surface area contributed by atoms with E-state index in [1.807, 2.05) is 18.2 Å². The number of rotatable bonds is 4. The summed E-state index contributed by atoms with van der Waals surface area (Å²) >= 11 is 3.37. The van der Waals surface area contributed by atoms with Gasteiger partial charge in [-0.2, -0.15) is 0 Å². The Labute approximate surface area is 126 Å². The lowest BCUT2D eigenvalue weighted by atomic mass is 10.2. The molecule has 0 heterocycles. The fraction of sp³-hybridized carbons (Fsp3) is 0.143. The Morgan fingerprint density at radius 2 is 1.80 bits per heavy atom. The maximum absolute atomic E-state index is 11.3. The molecule has 0 aliphatic carbocycles. The van der Waals surface area contributed by atoms with Crippen LogP contribution < -0.4 is 10.5 Å². The average Bonchev–Trinajstić information content (AvgIpc) is 2.35. The summed E-state index contributed by atoms with van der Waals surface area (Å²) in [5.41, 5.74) is 7.34. The molecule has 0 atom stereocenters. The highest BCUT2D eigenvalue weighted by Crippen LogP contribution is 2.20. The maximum Gasteiger partial charge on any atom is 0.175 e. The van der Waals surface area contributed by atoms with Gasteiger partial charge in [-0.15, -0.1) is 0 Å². The van der Waals surface area contributed by atoms with Gasteiger partial charge < -0.3 is 10.5 Å². The zero-order valence-electron chi connectivity index (χ0n) is 10.8. The summed E-state index contributed by atoms with van der Waals surface area (Å²) < 4.78 is 29.2. The normalized spacial score (nSPS) is 11.3. The number of nitrogen functional groups attached to an aromatic ring is 1. The summed E-state index contributed by atoms with van der Waals surface area (Å²) in [6.45, 7) is 0.363. The van der Waals surface area contributed by atoms with E-state index in [2.05, 4.69) is 15.9 Å². The van der Waals surface area contributed by atoms with Crippen LogP contribution in [-0.4, -0.2) is 14.7 Å². The van der Waals surface area contributed by atoms with Crippen LogP contribution in [-0.2, 0) is 16.4 Å². The second-order valence-electron chi connectivity index (χ2n) is 4.43. The van der Waals surface area contributed by atoms with Crippen LogP contribution in [0.4, 0.5) is 5.69 Å². The quantitative estimate of drug-likeness (QED) is 0.855. The van der Waals surface area contributed by atoms with Crippen molar-refractivity contribution >= 4 is 31.5 Å². The van der Waals surface area contributed by atoms with Crippen LogP contribution >= 0.6 is 15.9 Å². The highest BCUT2D eigenvalue weighted by molar-refractivity contribution is 9.10. The summed E-state index contributed by atoms with van der Waals surface area (Å²) in [5.74, 6) is 0.607. The summed E-state index contributed by atoms with van der Waals surface area (Å²) in [6, 6.07) is 11.9. The number of ether oxygens (including phenoxy) is 1. The van der Waals surface area contributed by atoms with Gasteiger partial charge in [-0.1, -0.05) is 15.9 Å². The molecule has 4 nitrogen and oxygen atoms in total. The van der Waals surface area contributed by atoms with Crippen molar-refractivity contribution in [2.24, 2.45) is 0 Å². The van der Waals surface area contributed by atoms with Crippen LogP contribution in [0.15, 0.2) is 51.8 Å². The maximum atomic E-state index is 11.3. The van der Waals surface area contributed by atoms with Gasteiger partial charge in [-0.25, -0.2) is 8.42 Å². The second-order valence-corrected chi connectivity index (χ2v) is 7.36. The minimum absolute atomic E-state index is 0.275. The smallest absolute Gasteiger partial charge is 0.175 e. The first kappa shape index (κ1) is 14.9. The largest absolute Gasteiger partial charge is 0.489 e. The average molecular weight is 356 g/mol. The first-order valence-corrected chi connectivity index (χ1v) is 8.51. The van der Waals surface area contributed by atoms with E-state index in [-0.39, 0.29) is 4.90 Å². The van der Waals surface area contributed by atoms with E-state index < -0.39 is 9.84 Å². The Morgan fingerprint density at radius 3 is 2.35 bits per heavy atom. The van der Waals surface area contributed by atoms with E-state index in [0.29, 0.717) is 18.0 Å². The third kappa shape index (κ3) is 3.98. The Kier molecular flexibility index (Phi) is 4.35. The zero-order valence-corrected chi connectivity index (χ0v) is 13.2. The van der Waals surface area contributed by atoms with Crippen molar-refractivity contribution in [3.05, 3.63) is 52.5 Å². The SMILES string of the molecule is CS(=O)(=O)c1ccc(OCc2cc(N)cc(Br)c2)cc1. The Balaban J connectivity index is 2.07. The molecule has 2 aromatic rings. The summed E-state index contributed by atoms with van der Waals surface area (Å²) in [5, 5.41) is 0. The number of sulfone groups is 1. The van der Waals surface area contributed by atoms with Gasteiger partial charge in [0.25, 0.3) is 0 Å². The lowest BCUT2D eigenvalue weighted by molar-refractivity contribution is 0.306. The first-order valence-electron chi connectivity index (χ1n) is 5.82. The molecule has 0 saturated heterocycles. The first-order chi connectivity index (χ1) is 9.34. The minimum Gasteiger partial charge on any atom is -0.489 e. The van der Waals surface area contributed by atoms with Crippen molar-refractivity contribution in [3.8, 4) is 5.75 Å². The lowest BCUT2D eigenvalue weighted by Gasteiger charge is -2.08. The molecule has 0 unspecified atom stereocenters. The Hall–Kier alpha value is -1.53. The van der Waals surface area contributed by atoms with Gasteiger partial charge in [-0.3, -0.25) is 0 Å². The van der Waals surface area contributed by atoms with Gasteiger partial charge in [0.1, 0.15) is 12.4 Å². The molecule has 2 rings (SSSR count). The van der Waals surface area contributed by atoms with Gasteiger partial charge in [0.05, 0.1) is 4.90 Å². The molecule has 0 aromatic heterocycles. The monoisotopic (exact) mass is 355 g/mol. The second kappa shape index (κ2) is 5.85. The van der Waals surface area contributed by atoms with E-state index >= 15 is 0 Å². The molecule has 0 bridgehead atoms.